The zero-order valence-electron chi connectivity index (χ0n) is 18.6. The number of carbonyl (C=O) groups excluding carboxylic acids is 3. The lowest BCUT2D eigenvalue weighted by Gasteiger charge is -2.25. The third-order valence-corrected chi connectivity index (χ3v) is 5.28. The fraction of sp³-hybridized carbons (Fsp3) is 0.524. The molecule has 1 rings (SSSR count). The van der Waals surface area contributed by atoms with Crippen LogP contribution in [0.5, 0.6) is 5.75 Å². The van der Waals surface area contributed by atoms with Crippen molar-refractivity contribution in [3.63, 3.8) is 0 Å². The molecule has 190 valence electrons. The Bertz CT molecular complexity index is 824. The summed E-state index contributed by atoms with van der Waals surface area (Å²) in [6.07, 6.45) is 1.27. The van der Waals surface area contributed by atoms with Gasteiger partial charge in [-0.15, -0.1) is 0 Å². The number of carbonyl (C=O) groups is 4. The summed E-state index contributed by atoms with van der Waals surface area (Å²) in [6.45, 7) is -0.236. The molecule has 0 fully saturated rings. The van der Waals surface area contributed by atoms with Gasteiger partial charge in [-0.2, -0.15) is 12.6 Å². The van der Waals surface area contributed by atoms with E-state index in [0.717, 1.165) is 0 Å². The molecule has 0 aliphatic carbocycles. The molecule has 34 heavy (non-hydrogen) atoms. The lowest BCUT2D eigenvalue weighted by atomic mass is 10.0. The Morgan fingerprint density at radius 1 is 0.912 bits per heavy atom. The van der Waals surface area contributed by atoms with Crippen LogP contribution in [0, 0.1) is 0 Å². The summed E-state index contributed by atoms with van der Waals surface area (Å²) in [7, 11) is 0. The molecule has 3 amide bonds. The Morgan fingerprint density at radius 3 is 2.00 bits per heavy atom. The number of carboxylic acids is 1. The molecule has 0 saturated heterocycles. The quantitative estimate of drug-likeness (QED) is 0.0948. The van der Waals surface area contributed by atoms with Gasteiger partial charge in [0, 0.05) is 12.2 Å². The fourth-order valence-electron chi connectivity index (χ4n) is 2.93. The molecule has 13 heteroatoms. The molecule has 10 N–H and O–H groups in total. The minimum absolute atomic E-state index is 0.0118. The minimum Gasteiger partial charge on any atom is -0.508 e. The first kappa shape index (κ1) is 29.2. The number of amides is 3. The number of carboxylic acid groups (broad SMARTS) is 1. The van der Waals surface area contributed by atoms with Gasteiger partial charge in [-0.05, 0) is 43.5 Å². The summed E-state index contributed by atoms with van der Waals surface area (Å²) < 4.78 is 0. The third kappa shape index (κ3) is 9.95. The van der Waals surface area contributed by atoms with Crippen molar-refractivity contribution in [2.24, 2.45) is 11.5 Å². The number of aromatic hydroxyl groups is 1. The van der Waals surface area contributed by atoms with E-state index in [1.54, 1.807) is 12.1 Å². The molecule has 0 heterocycles. The van der Waals surface area contributed by atoms with E-state index in [4.69, 9.17) is 16.6 Å². The number of aliphatic carboxylic acids is 1. The number of aliphatic hydroxyl groups is 1. The number of thiol groups is 1. The van der Waals surface area contributed by atoms with E-state index in [9.17, 15) is 29.4 Å². The SMILES string of the molecule is NCCCCC(NC(=O)C(N)CO)C(=O)NC(Cc1ccc(O)cc1)C(=O)NC(CS)C(=O)O. The molecule has 4 unspecified atom stereocenters. The normalized spacial score (nSPS) is 14.4. The molecule has 0 saturated carbocycles. The second-order valence-corrected chi connectivity index (χ2v) is 8.01. The van der Waals surface area contributed by atoms with Gasteiger partial charge in [0.25, 0.3) is 0 Å². The monoisotopic (exact) mass is 499 g/mol. The molecule has 0 aliphatic rings. The molecule has 0 radical (unpaired) electrons. The number of phenolic OH excluding ortho intramolecular Hbond substituents is 1. The largest absolute Gasteiger partial charge is 0.508 e. The highest BCUT2D eigenvalue weighted by atomic mass is 32.1. The van der Waals surface area contributed by atoms with Gasteiger partial charge in [0.1, 0.15) is 29.9 Å². The first-order chi connectivity index (χ1) is 16.1. The van der Waals surface area contributed by atoms with Crippen molar-refractivity contribution in [1.82, 2.24) is 16.0 Å². The lowest BCUT2D eigenvalue weighted by Crippen LogP contribution is -2.58. The maximum atomic E-state index is 13.0. The molecule has 12 nitrogen and oxygen atoms in total. The maximum absolute atomic E-state index is 13.0. The molecular weight excluding hydrogens is 466 g/mol. The van der Waals surface area contributed by atoms with Crippen LogP contribution in [-0.4, -0.2) is 82.1 Å². The Hall–Kier alpha value is -2.87. The van der Waals surface area contributed by atoms with Crippen LogP contribution in [0.2, 0.25) is 0 Å². The highest BCUT2D eigenvalue weighted by Gasteiger charge is 2.30. The highest BCUT2D eigenvalue weighted by Crippen LogP contribution is 2.12. The van der Waals surface area contributed by atoms with E-state index in [0.29, 0.717) is 24.9 Å². The zero-order chi connectivity index (χ0) is 25.7. The Kier molecular flexibility index (Phi) is 13.0. The van der Waals surface area contributed by atoms with E-state index in [-0.39, 0.29) is 24.3 Å². The number of hydrogen-bond donors (Lipinski definition) is 9. The molecule has 4 atom stereocenters. The van der Waals surface area contributed by atoms with Crippen LogP contribution in [0.4, 0.5) is 0 Å². The van der Waals surface area contributed by atoms with Crippen molar-refractivity contribution in [2.75, 3.05) is 18.9 Å². The van der Waals surface area contributed by atoms with Crippen LogP contribution in [0.25, 0.3) is 0 Å². The zero-order valence-corrected chi connectivity index (χ0v) is 19.5. The topological polar surface area (TPSA) is 217 Å². The number of unbranched alkanes of at least 4 members (excludes halogenated alkanes) is 1. The van der Waals surface area contributed by atoms with E-state index < -0.39 is 54.5 Å². The van der Waals surface area contributed by atoms with Gasteiger partial charge in [-0.25, -0.2) is 4.79 Å². The number of hydrogen-bond acceptors (Lipinski definition) is 9. The summed E-state index contributed by atoms with van der Waals surface area (Å²) in [5.41, 5.74) is 11.6. The average molecular weight is 500 g/mol. The van der Waals surface area contributed by atoms with E-state index in [1.165, 1.54) is 12.1 Å². The van der Waals surface area contributed by atoms with Crippen LogP contribution < -0.4 is 27.4 Å². The number of nitrogens with one attached hydrogen (secondary N) is 3. The number of phenols is 1. The molecule has 0 bridgehead atoms. The second kappa shape index (κ2) is 15.1. The summed E-state index contributed by atoms with van der Waals surface area (Å²) in [5.74, 6) is -3.64. The van der Waals surface area contributed by atoms with Gasteiger partial charge < -0.3 is 42.7 Å². The number of benzene rings is 1. The van der Waals surface area contributed by atoms with Crippen LogP contribution in [0.1, 0.15) is 24.8 Å². The Balaban J connectivity index is 3.09. The molecule has 0 aromatic heterocycles. The number of rotatable bonds is 15. The summed E-state index contributed by atoms with van der Waals surface area (Å²) >= 11 is 3.92. The molecule has 0 spiro atoms. The standard InChI is InChI=1S/C21H33N5O7S/c22-8-2-1-3-15(24-18(29)14(23)10-27)19(30)25-16(9-12-4-6-13(28)7-5-12)20(31)26-17(11-34)21(32)33/h4-7,14-17,27-28,34H,1-3,8-11,22-23H2,(H,24,29)(H,25,30)(H,26,31)(H,32,33). The van der Waals surface area contributed by atoms with Crippen molar-refractivity contribution in [2.45, 2.75) is 49.9 Å². The summed E-state index contributed by atoms with van der Waals surface area (Å²) in [5, 5.41) is 35.1. The van der Waals surface area contributed by atoms with E-state index in [1.807, 2.05) is 0 Å². The van der Waals surface area contributed by atoms with Crippen LogP contribution in [0.15, 0.2) is 24.3 Å². The van der Waals surface area contributed by atoms with Gasteiger partial charge in [0.2, 0.25) is 17.7 Å². The highest BCUT2D eigenvalue weighted by molar-refractivity contribution is 7.80. The van der Waals surface area contributed by atoms with Crippen LogP contribution in [0.3, 0.4) is 0 Å². The molecular formula is C21H33N5O7S. The lowest BCUT2D eigenvalue weighted by molar-refractivity contribution is -0.141. The van der Waals surface area contributed by atoms with Gasteiger partial charge in [-0.3, -0.25) is 14.4 Å². The van der Waals surface area contributed by atoms with Gasteiger partial charge in [0.15, 0.2) is 0 Å². The summed E-state index contributed by atoms with van der Waals surface area (Å²) in [4.78, 5) is 49.3. The fourth-order valence-corrected chi connectivity index (χ4v) is 3.18. The smallest absolute Gasteiger partial charge is 0.327 e. The van der Waals surface area contributed by atoms with Crippen molar-refractivity contribution >= 4 is 36.3 Å². The van der Waals surface area contributed by atoms with Gasteiger partial charge in [0.05, 0.1) is 6.61 Å². The first-order valence-electron chi connectivity index (χ1n) is 10.7. The Morgan fingerprint density at radius 2 is 1.47 bits per heavy atom. The molecule has 1 aromatic rings. The minimum atomic E-state index is -1.29. The average Bonchev–Trinajstić information content (AvgIpc) is 2.81. The third-order valence-electron chi connectivity index (χ3n) is 4.92. The van der Waals surface area contributed by atoms with Gasteiger partial charge in [-0.1, -0.05) is 12.1 Å². The van der Waals surface area contributed by atoms with Crippen molar-refractivity contribution in [1.29, 1.82) is 0 Å². The second-order valence-electron chi connectivity index (χ2n) is 7.65. The molecule has 1 aromatic carbocycles. The number of aliphatic hydroxyl groups excluding tert-OH is 1. The van der Waals surface area contributed by atoms with Gasteiger partial charge >= 0.3 is 5.97 Å². The first-order valence-corrected chi connectivity index (χ1v) is 11.3. The Labute approximate surface area is 202 Å². The maximum Gasteiger partial charge on any atom is 0.327 e. The predicted octanol–water partition coefficient (Wildman–Crippen LogP) is -2.15. The predicted molar refractivity (Wildman–Crippen MR) is 127 cm³/mol. The van der Waals surface area contributed by atoms with Crippen molar-refractivity contribution < 1.29 is 34.5 Å². The molecule has 0 aliphatic heterocycles. The van der Waals surface area contributed by atoms with Crippen molar-refractivity contribution in [3.05, 3.63) is 29.8 Å². The van der Waals surface area contributed by atoms with E-state index in [2.05, 4.69) is 28.6 Å². The summed E-state index contributed by atoms with van der Waals surface area (Å²) in [6, 6.07) is 1.15. The van der Waals surface area contributed by atoms with Crippen LogP contribution in [-0.2, 0) is 25.6 Å². The van der Waals surface area contributed by atoms with E-state index >= 15 is 0 Å². The number of nitrogens with two attached hydrogens (primary N) is 2. The van der Waals surface area contributed by atoms with Crippen LogP contribution >= 0.6 is 12.6 Å². The van der Waals surface area contributed by atoms with Crippen molar-refractivity contribution in [3.8, 4) is 5.75 Å².